The van der Waals surface area contributed by atoms with E-state index in [1.807, 2.05) is 48.9 Å². The smallest absolute Gasteiger partial charge is 0.224 e. The van der Waals surface area contributed by atoms with E-state index in [0.717, 1.165) is 34.7 Å². The van der Waals surface area contributed by atoms with E-state index in [1.165, 1.54) is 10.5 Å². The Morgan fingerprint density at radius 1 is 1.00 bits per heavy atom. The first-order valence-electron chi connectivity index (χ1n) is 9.68. The number of nitrogens with one attached hydrogen (secondary N) is 2. The first kappa shape index (κ1) is 19.8. The van der Waals surface area contributed by atoms with Gasteiger partial charge in [-0.3, -0.25) is 4.79 Å². The number of para-hydroxylation sites is 1. The van der Waals surface area contributed by atoms with Gasteiger partial charge < -0.3 is 10.2 Å². The lowest BCUT2D eigenvalue weighted by atomic mass is 10.1. The molecule has 146 valence electrons. The molecule has 1 amide bonds. The van der Waals surface area contributed by atoms with Gasteiger partial charge in [0.25, 0.3) is 0 Å². The van der Waals surface area contributed by atoms with Gasteiger partial charge in [-0.15, -0.1) is 0 Å². The van der Waals surface area contributed by atoms with E-state index in [4.69, 9.17) is 0 Å². The summed E-state index contributed by atoms with van der Waals surface area (Å²) in [5.74, 6) is 0.0145. The first-order chi connectivity index (χ1) is 13.4. The maximum Gasteiger partial charge on any atom is 0.224 e. The molecular weight excluding hydrogens is 348 g/mol. The molecule has 2 N–H and O–H groups in total. The van der Waals surface area contributed by atoms with Gasteiger partial charge in [0.1, 0.15) is 6.54 Å². The molecule has 28 heavy (non-hydrogen) atoms. The average Bonchev–Trinajstić information content (AvgIpc) is 2.96. The topological polar surface area (TPSA) is 51.4 Å². The Hall–Kier alpha value is -2.92. The summed E-state index contributed by atoms with van der Waals surface area (Å²) >= 11 is 0. The van der Waals surface area contributed by atoms with Gasteiger partial charge in [0.05, 0.1) is 31.9 Å². The van der Waals surface area contributed by atoms with E-state index in [9.17, 15) is 4.79 Å². The molecule has 0 unspecified atom stereocenters. The second-order valence-corrected chi connectivity index (χ2v) is 7.55. The van der Waals surface area contributed by atoms with Crippen LogP contribution in [0.4, 0.5) is 0 Å². The predicted molar refractivity (Wildman–Crippen MR) is 112 cm³/mol. The van der Waals surface area contributed by atoms with Crippen molar-refractivity contribution >= 4 is 5.91 Å². The number of nitrogens with zero attached hydrogens (tertiary/aromatic N) is 2. The third-order valence-electron chi connectivity index (χ3n) is 4.85. The zero-order chi connectivity index (χ0) is 20.1. The number of carbonyl (C=O) groups excluding carboxylic acids is 1. The number of aryl methyl sites for hydroxylation is 1. The van der Waals surface area contributed by atoms with Crippen molar-refractivity contribution in [3.63, 3.8) is 0 Å². The van der Waals surface area contributed by atoms with Crippen LogP contribution in [0.15, 0.2) is 54.6 Å². The summed E-state index contributed by atoms with van der Waals surface area (Å²) in [6, 6.07) is 18.4. The zero-order valence-corrected chi connectivity index (χ0v) is 17.1. The molecule has 0 aliphatic heterocycles. The third-order valence-corrected chi connectivity index (χ3v) is 4.85. The summed E-state index contributed by atoms with van der Waals surface area (Å²) in [6.45, 7) is 5.51. The number of hydrogen-bond donors (Lipinski definition) is 2. The van der Waals surface area contributed by atoms with Crippen molar-refractivity contribution in [1.82, 2.24) is 15.1 Å². The number of carbonyl (C=O) groups is 1. The summed E-state index contributed by atoms with van der Waals surface area (Å²) in [4.78, 5) is 13.9. The first-order valence-corrected chi connectivity index (χ1v) is 9.68. The molecule has 0 aliphatic carbocycles. The van der Waals surface area contributed by atoms with Crippen LogP contribution in [-0.4, -0.2) is 29.8 Å². The Labute approximate surface area is 167 Å². The molecule has 0 aliphatic rings. The fourth-order valence-electron chi connectivity index (χ4n) is 3.36. The maximum atomic E-state index is 12.5. The van der Waals surface area contributed by atoms with E-state index < -0.39 is 0 Å². The number of hydrogen-bond acceptors (Lipinski definition) is 2. The van der Waals surface area contributed by atoms with E-state index >= 15 is 0 Å². The van der Waals surface area contributed by atoms with Gasteiger partial charge in [-0.2, -0.15) is 5.10 Å². The standard InChI is InChI=1S/C23H28N4O/c1-17-22(18(2)27(25-17)21-8-6-5-7-9-21)14-23(28)24-15-19-10-12-20(13-11-19)16-26(3)4/h5-13H,14-16H2,1-4H3,(H,24,28)/p+1. The molecule has 3 rings (SSSR count). The minimum absolute atomic E-state index is 0.0145. The van der Waals surface area contributed by atoms with Gasteiger partial charge in [0, 0.05) is 23.4 Å². The van der Waals surface area contributed by atoms with E-state index in [1.54, 1.807) is 0 Å². The second kappa shape index (κ2) is 8.85. The van der Waals surface area contributed by atoms with Crippen LogP contribution in [0.3, 0.4) is 0 Å². The molecule has 1 aromatic heterocycles. The Kier molecular flexibility index (Phi) is 6.26. The zero-order valence-electron chi connectivity index (χ0n) is 17.1. The average molecular weight is 378 g/mol. The predicted octanol–water partition coefficient (Wildman–Crippen LogP) is 1.99. The van der Waals surface area contributed by atoms with Crippen molar-refractivity contribution < 1.29 is 9.69 Å². The molecule has 0 saturated heterocycles. The lowest BCUT2D eigenvalue weighted by Crippen LogP contribution is -3.04. The Balaban J connectivity index is 1.62. The maximum absolute atomic E-state index is 12.5. The van der Waals surface area contributed by atoms with E-state index in [0.29, 0.717) is 13.0 Å². The summed E-state index contributed by atoms with van der Waals surface area (Å²) < 4.78 is 1.91. The Morgan fingerprint density at radius 2 is 1.64 bits per heavy atom. The second-order valence-electron chi connectivity index (χ2n) is 7.55. The highest BCUT2D eigenvalue weighted by Crippen LogP contribution is 2.18. The Bertz CT molecular complexity index is 927. The van der Waals surface area contributed by atoms with Crippen LogP contribution in [-0.2, 0) is 24.3 Å². The molecule has 5 heteroatoms. The SMILES string of the molecule is Cc1nn(-c2ccccc2)c(C)c1CC(=O)NCc1ccc(C[NH+](C)C)cc1. The van der Waals surface area contributed by atoms with E-state index in [-0.39, 0.29) is 5.91 Å². The van der Waals surface area contributed by atoms with Crippen molar-refractivity contribution in [3.8, 4) is 5.69 Å². The number of benzene rings is 2. The van der Waals surface area contributed by atoms with Gasteiger partial charge in [0.2, 0.25) is 5.91 Å². The van der Waals surface area contributed by atoms with Crippen molar-refractivity contribution in [2.24, 2.45) is 0 Å². The highest BCUT2D eigenvalue weighted by Gasteiger charge is 2.15. The lowest BCUT2D eigenvalue weighted by Gasteiger charge is -2.09. The van der Waals surface area contributed by atoms with Crippen molar-refractivity contribution in [2.45, 2.75) is 33.4 Å². The summed E-state index contributed by atoms with van der Waals surface area (Å²) in [6.07, 6.45) is 0.340. The van der Waals surface area contributed by atoms with Crippen LogP contribution in [0.1, 0.15) is 28.1 Å². The van der Waals surface area contributed by atoms with Gasteiger partial charge >= 0.3 is 0 Å². The lowest BCUT2D eigenvalue weighted by molar-refractivity contribution is -0.872. The molecule has 2 aromatic carbocycles. The number of aromatic nitrogens is 2. The van der Waals surface area contributed by atoms with Crippen LogP contribution in [0, 0.1) is 13.8 Å². The number of rotatable bonds is 7. The number of quaternary nitrogens is 1. The summed E-state index contributed by atoms with van der Waals surface area (Å²) in [5, 5.41) is 7.65. The third kappa shape index (κ3) is 4.87. The van der Waals surface area contributed by atoms with Gasteiger partial charge in [-0.05, 0) is 31.5 Å². The molecular formula is C23H29N4O+. The molecule has 0 saturated carbocycles. The summed E-state index contributed by atoms with van der Waals surface area (Å²) in [5.41, 5.74) is 6.32. The fraction of sp³-hybridized carbons (Fsp3) is 0.304. The van der Waals surface area contributed by atoms with Crippen LogP contribution >= 0.6 is 0 Å². The Morgan fingerprint density at radius 3 is 2.29 bits per heavy atom. The molecule has 3 aromatic rings. The molecule has 1 heterocycles. The molecule has 0 atom stereocenters. The van der Waals surface area contributed by atoms with Gasteiger partial charge in [0.15, 0.2) is 0 Å². The van der Waals surface area contributed by atoms with Crippen LogP contribution in [0.2, 0.25) is 0 Å². The van der Waals surface area contributed by atoms with Crippen molar-refractivity contribution in [3.05, 3.63) is 82.7 Å². The largest absolute Gasteiger partial charge is 0.352 e. The molecule has 0 spiro atoms. The normalized spacial score (nSPS) is 11.0. The van der Waals surface area contributed by atoms with Crippen molar-refractivity contribution in [2.75, 3.05) is 14.1 Å². The minimum atomic E-state index is 0.0145. The molecule has 0 bridgehead atoms. The highest BCUT2D eigenvalue weighted by atomic mass is 16.1. The monoisotopic (exact) mass is 377 g/mol. The van der Waals surface area contributed by atoms with Gasteiger partial charge in [-0.1, -0.05) is 42.5 Å². The fourth-order valence-corrected chi connectivity index (χ4v) is 3.36. The quantitative estimate of drug-likeness (QED) is 0.662. The molecule has 5 nitrogen and oxygen atoms in total. The molecule has 0 fully saturated rings. The van der Waals surface area contributed by atoms with Crippen molar-refractivity contribution in [1.29, 1.82) is 0 Å². The van der Waals surface area contributed by atoms with Gasteiger partial charge in [-0.25, -0.2) is 4.68 Å². The van der Waals surface area contributed by atoms with E-state index in [2.05, 4.69) is 48.8 Å². The van der Waals surface area contributed by atoms with Crippen LogP contribution in [0.5, 0.6) is 0 Å². The number of amides is 1. The summed E-state index contributed by atoms with van der Waals surface area (Å²) in [7, 11) is 4.27. The highest BCUT2D eigenvalue weighted by molar-refractivity contribution is 5.79. The molecule has 0 radical (unpaired) electrons. The van der Waals surface area contributed by atoms with Crippen LogP contribution < -0.4 is 10.2 Å². The minimum Gasteiger partial charge on any atom is -0.352 e. The van der Waals surface area contributed by atoms with Crippen LogP contribution in [0.25, 0.3) is 5.69 Å².